The van der Waals surface area contributed by atoms with Crippen molar-refractivity contribution in [2.75, 3.05) is 40.9 Å². The zero-order chi connectivity index (χ0) is 56.3. The first-order valence-electron chi connectivity index (χ1n) is 33.2. The number of aliphatic hydroxyl groups is 1. The number of hydrogen-bond donors (Lipinski definition) is 3. The molecule has 0 radical (unpaired) electrons. The average molecular weight is 1100 g/mol. The van der Waals surface area contributed by atoms with E-state index in [4.69, 9.17) is 9.05 Å². The van der Waals surface area contributed by atoms with Gasteiger partial charge in [0, 0.05) is 6.42 Å². The fraction of sp³-hybridized carbons (Fsp3) is 0.838. The molecule has 0 aliphatic rings. The van der Waals surface area contributed by atoms with E-state index in [9.17, 15) is 19.4 Å². The van der Waals surface area contributed by atoms with Crippen LogP contribution in [-0.2, 0) is 18.4 Å². The highest BCUT2D eigenvalue weighted by Crippen LogP contribution is 2.43. The molecular formula is C68H130N2O6P+. The molecule has 1 amide bonds. The van der Waals surface area contributed by atoms with Gasteiger partial charge in [-0.1, -0.05) is 312 Å². The molecule has 0 aromatic carbocycles. The molecule has 0 heterocycles. The first-order chi connectivity index (χ1) is 37.5. The molecule has 0 bridgehead atoms. The average Bonchev–Trinajstić information content (AvgIpc) is 3.39. The van der Waals surface area contributed by atoms with Gasteiger partial charge in [0.1, 0.15) is 13.2 Å². The number of likely N-dealkylation sites (N-methyl/N-ethyl adjacent to an activating group) is 1. The van der Waals surface area contributed by atoms with E-state index in [1.54, 1.807) is 6.08 Å². The maximum atomic E-state index is 13.0. The maximum absolute atomic E-state index is 13.0. The lowest BCUT2D eigenvalue weighted by molar-refractivity contribution is -0.870. The predicted octanol–water partition coefficient (Wildman–Crippen LogP) is 20.8. The standard InChI is InChI=1S/C68H129N2O6P/c1-6-8-10-12-14-16-18-20-22-24-26-28-29-30-31-32-33-34-35-36-37-38-39-40-41-42-44-46-48-50-52-54-56-58-60-62-68(72)69-66(65-76-77(73,74)75-64-63-70(3,4)5)67(71)61-59-57-55-53-51-49-47-45-43-27-25-23-21-19-17-15-13-11-9-7-2/h8,10,14,16,20,22,26,28,59,61,66-67,71H,6-7,9,11-13,15,17-19,21,23-25,27,29-58,60,62-65H2,1-5H3,(H-,69,72,73,74)/p+1/b10-8-,16-14-,22-20-,28-26-,61-59+. The summed E-state index contributed by atoms with van der Waals surface area (Å²) in [5, 5.41) is 14.0. The van der Waals surface area contributed by atoms with Gasteiger partial charge in [0.2, 0.25) is 5.91 Å². The van der Waals surface area contributed by atoms with Crippen molar-refractivity contribution in [3.8, 4) is 0 Å². The third-order valence-electron chi connectivity index (χ3n) is 15.0. The third-order valence-corrected chi connectivity index (χ3v) is 16.0. The fourth-order valence-electron chi connectivity index (χ4n) is 9.86. The van der Waals surface area contributed by atoms with Crippen LogP contribution in [0.2, 0.25) is 0 Å². The lowest BCUT2D eigenvalue weighted by Gasteiger charge is -2.25. The van der Waals surface area contributed by atoms with Gasteiger partial charge in [-0.05, 0) is 57.8 Å². The summed E-state index contributed by atoms with van der Waals surface area (Å²) in [5.41, 5.74) is 0. The quantitative estimate of drug-likeness (QED) is 0.0243. The van der Waals surface area contributed by atoms with Gasteiger partial charge in [-0.25, -0.2) is 4.57 Å². The highest BCUT2D eigenvalue weighted by Gasteiger charge is 2.28. The second-order valence-corrected chi connectivity index (χ2v) is 25.3. The van der Waals surface area contributed by atoms with Crippen molar-refractivity contribution in [3.05, 3.63) is 60.8 Å². The van der Waals surface area contributed by atoms with Gasteiger partial charge in [0.05, 0.1) is 39.9 Å². The zero-order valence-electron chi connectivity index (χ0n) is 51.7. The lowest BCUT2D eigenvalue weighted by Crippen LogP contribution is -2.45. The Labute approximate surface area is 479 Å². The van der Waals surface area contributed by atoms with E-state index in [-0.39, 0.29) is 19.1 Å². The van der Waals surface area contributed by atoms with Crippen LogP contribution in [0.1, 0.15) is 316 Å². The van der Waals surface area contributed by atoms with Gasteiger partial charge in [-0.2, -0.15) is 0 Å². The van der Waals surface area contributed by atoms with Gasteiger partial charge < -0.3 is 19.8 Å². The number of phosphoric ester groups is 1. The Bertz CT molecular complexity index is 1440. The van der Waals surface area contributed by atoms with E-state index in [2.05, 4.69) is 67.8 Å². The summed E-state index contributed by atoms with van der Waals surface area (Å²) < 4.78 is 23.8. The first kappa shape index (κ1) is 75.2. The zero-order valence-corrected chi connectivity index (χ0v) is 52.6. The summed E-state index contributed by atoms with van der Waals surface area (Å²) in [6.07, 6.45) is 80.7. The van der Waals surface area contributed by atoms with Crippen LogP contribution in [0.3, 0.4) is 0 Å². The molecule has 0 spiro atoms. The number of rotatable bonds is 61. The van der Waals surface area contributed by atoms with E-state index >= 15 is 0 Å². The van der Waals surface area contributed by atoms with Crippen LogP contribution >= 0.6 is 7.82 Å². The van der Waals surface area contributed by atoms with E-state index < -0.39 is 20.0 Å². The van der Waals surface area contributed by atoms with E-state index in [0.29, 0.717) is 17.4 Å². The molecule has 0 aliphatic carbocycles. The van der Waals surface area contributed by atoms with Crippen LogP contribution < -0.4 is 5.32 Å². The molecule has 0 saturated heterocycles. The molecule has 77 heavy (non-hydrogen) atoms. The number of phosphoric acid groups is 1. The highest BCUT2D eigenvalue weighted by atomic mass is 31.2. The summed E-state index contributed by atoms with van der Waals surface area (Å²) in [6, 6.07) is -0.847. The Hall–Kier alpha value is -1.80. The van der Waals surface area contributed by atoms with Crippen LogP contribution in [-0.4, -0.2) is 73.4 Å². The summed E-state index contributed by atoms with van der Waals surface area (Å²) in [4.78, 5) is 23.4. The number of carbonyl (C=O) groups is 1. The lowest BCUT2D eigenvalue weighted by atomic mass is 10.0. The number of nitrogens with one attached hydrogen (secondary N) is 1. The molecule has 0 fully saturated rings. The summed E-state index contributed by atoms with van der Waals surface area (Å²) >= 11 is 0. The number of amides is 1. The molecule has 8 nitrogen and oxygen atoms in total. The number of quaternary nitrogens is 1. The van der Waals surface area contributed by atoms with Crippen molar-refractivity contribution in [1.29, 1.82) is 0 Å². The van der Waals surface area contributed by atoms with Crippen molar-refractivity contribution in [2.45, 2.75) is 328 Å². The first-order valence-corrected chi connectivity index (χ1v) is 34.7. The van der Waals surface area contributed by atoms with E-state index in [1.807, 2.05) is 27.2 Å². The molecule has 0 aliphatic heterocycles. The Balaban J connectivity index is 4.01. The van der Waals surface area contributed by atoms with Crippen molar-refractivity contribution in [1.82, 2.24) is 5.32 Å². The molecule has 0 saturated carbocycles. The molecule has 0 rings (SSSR count). The monoisotopic (exact) mass is 1100 g/mol. The van der Waals surface area contributed by atoms with Crippen LogP contribution in [0.4, 0.5) is 0 Å². The fourth-order valence-corrected chi connectivity index (χ4v) is 10.6. The number of hydrogen-bond acceptors (Lipinski definition) is 5. The van der Waals surface area contributed by atoms with Gasteiger partial charge in [0.25, 0.3) is 0 Å². The number of unbranched alkanes of at least 4 members (excludes halogenated alkanes) is 40. The molecular weight excluding hydrogens is 972 g/mol. The van der Waals surface area contributed by atoms with Gasteiger partial charge in [-0.3, -0.25) is 13.8 Å². The van der Waals surface area contributed by atoms with Crippen molar-refractivity contribution in [2.24, 2.45) is 0 Å². The number of allylic oxidation sites excluding steroid dienone is 9. The SMILES string of the molecule is CC/C=C\C/C=C\C/C=C\C/C=C\CCCCCCCCCCCCCCCCCCCCCCCCC(=O)NC(COP(=O)(O)OCC[N+](C)(C)C)C(O)/C=C/CCCCCCCCCCCCCCCCCCCC. The van der Waals surface area contributed by atoms with Gasteiger partial charge in [-0.15, -0.1) is 0 Å². The van der Waals surface area contributed by atoms with Gasteiger partial charge in [0.15, 0.2) is 0 Å². The van der Waals surface area contributed by atoms with Crippen LogP contribution in [0.25, 0.3) is 0 Å². The minimum absolute atomic E-state index is 0.0626. The minimum Gasteiger partial charge on any atom is -0.387 e. The molecule has 3 atom stereocenters. The van der Waals surface area contributed by atoms with Crippen molar-refractivity contribution >= 4 is 13.7 Å². The Morgan fingerprint density at radius 1 is 0.455 bits per heavy atom. The number of nitrogens with zero attached hydrogens (tertiary/aromatic N) is 1. The predicted molar refractivity (Wildman–Crippen MR) is 337 cm³/mol. The van der Waals surface area contributed by atoms with Crippen molar-refractivity contribution < 1.29 is 32.9 Å². The molecule has 9 heteroatoms. The van der Waals surface area contributed by atoms with Gasteiger partial charge >= 0.3 is 7.82 Å². The van der Waals surface area contributed by atoms with Crippen LogP contribution in [0, 0.1) is 0 Å². The maximum Gasteiger partial charge on any atom is 0.472 e. The second kappa shape index (κ2) is 58.8. The number of carbonyl (C=O) groups excluding carboxylic acids is 1. The van der Waals surface area contributed by atoms with Crippen LogP contribution in [0.5, 0.6) is 0 Å². The number of aliphatic hydroxyl groups excluding tert-OH is 1. The molecule has 3 unspecified atom stereocenters. The molecule has 0 aromatic heterocycles. The van der Waals surface area contributed by atoms with E-state index in [1.165, 1.54) is 231 Å². The Morgan fingerprint density at radius 3 is 1.14 bits per heavy atom. The molecule has 452 valence electrons. The smallest absolute Gasteiger partial charge is 0.387 e. The molecule has 0 aromatic rings. The van der Waals surface area contributed by atoms with Crippen LogP contribution in [0.15, 0.2) is 60.8 Å². The van der Waals surface area contributed by atoms with Crippen molar-refractivity contribution in [3.63, 3.8) is 0 Å². The third kappa shape index (κ3) is 61.7. The Morgan fingerprint density at radius 2 is 0.779 bits per heavy atom. The van der Waals surface area contributed by atoms with E-state index in [0.717, 1.165) is 64.2 Å². The summed E-state index contributed by atoms with van der Waals surface area (Å²) in [7, 11) is 1.58. The normalized spacial score (nSPS) is 14.1. The highest BCUT2D eigenvalue weighted by molar-refractivity contribution is 7.47. The largest absolute Gasteiger partial charge is 0.472 e. The minimum atomic E-state index is -4.35. The summed E-state index contributed by atoms with van der Waals surface area (Å²) in [6.45, 7) is 4.74. The summed E-state index contributed by atoms with van der Waals surface area (Å²) in [5.74, 6) is -0.172. The topological polar surface area (TPSA) is 105 Å². The molecule has 3 N–H and O–H groups in total. The second-order valence-electron chi connectivity index (χ2n) is 23.8. The Kier molecular flexibility index (Phi) is 57.5.